The van der Waals surface area contributed by atoms with Crippen LogP contribution in [-0.4, -0.2) is 20.7 Å². The largest absolute Gasteiger partial charge is 0.417 e. The van der Waals surface area contributed by atoms with Crippen LogP contribution >= 0.6 is 0 Å². The van der Waals surface area contributed by atoms with Gasteiger partial charge in [0.1, 0.15) is 0 Å². The van der Waals surface area contributed by atoms with E-state index in [4.69, 9.17) is 4.43 Å². The van der Waals surface area contributed by atoms with E-state index in [2.05, 4.69) is 66.8 Å². The van der Waals surface area contributed by atoms with Crippen LogP contribution in [0.3, 0.4) is 0 Å². The topological polar surface area (TPSA) is 26.3 Å². The molecule has 174 valence electrons. The van der Waals surface area contributed by atoms with Crippen molar-refractivity contribution in [3.8, 4) is 0 Å². The lowest BCUT2D eigenvalue weighted by molar-refractivity contribution is -0.116. The first-order valence-electron chi connectivity index (χ1n) is 12.9. The second-order valence-corrected chi connectivity index (χ2v) is 18.2. The highest BCUT2D eigenvalue weighted by Crippen LogP contribution is 2.66. The van der Waals surface area contributed by atoms with Crippen LogP contribution in [0.4, 0.5) is 0 Å². The minimum absolute atomic E-state index is 0.212. The number of allylic oxidation sites excluding steroid dienone is 4. The quantitative estimate of drug-likeness (QED) is 0.420. The second-order valence-electron chi connectivity index (χ2n) is 13.4. The van der Waals surface area contributed by atoms with E-state index in [9.17, 15) is 4.79 Å². The molecule has 4 aliphatic carbocycles. The molecule has 0 aliphatic heterocycles. The molecule has 31 heavy (non-hydrogen) atoms. The number of rotatable bonds is 4. The molecular weight excluding hydrogens is 396 g/mol. The summed E-state index contributed by atoms with van der Waals surface area (Å²) in [6, 6.07) is 0. The third-order valence-electron chi connectivity index (χ3n) is 10.8. The average molecular weight is 443 g/mol. The molecule has 0 aromatic heterocycles. The van der Waals surface area contributed by atoms with Crippen LogP contribution in [0.15, 0.2) is 23.8 Å². The monoisotopic (exact) mass is 442 g/mol. The predicted octanol–water partition coefficient (Wildman–Crippen LogP) is 7.57. The van der Waals surface area contributed by atoms with Gasteiger partial charge in [-0.25, -0.2) is 0 Å². The van der Waals surface area contributed by atoms with Crippen LogP contribution in [-0.2, 0) is 9.22 Å². The van der Waals surface area contributed by atoms with Crippen molar-refractivity contribution in [3.05, 3.63) is 23.8 Å². The van der Waals surface area contributed by atoms with Gasteiger partial charge in [-0.05, 0) is 102 Å². The fraction of sp³-hybridized carbons (Fsp3) is 0.821. The van der Waals surface area contributed by atoms with Gasteiger partial charge in [-0.15, -0.1) is 0 Å². The van der Waals surface area contributed by atoms with E-state index in [0.717, 1.165) is 31.3 Å². The fourth-order valence-electron chi connectivity index (χ4n) is 7.64. The Morgan fingerprint density at radius 3 is 2.52 bits per heavy atom. The maximum atomic E-state index is 12.0. The van der Waals surface area contributed by atoms with Crippen LogP contribution in [0.5, 0.6) is 0 Å². The Morgan fingerprint density at radius 1 is 1.13 bits per heavy atom. The van der Waals surface area contributed by atoms with Crippen molar-refractivity contribution < 1.29 is 9.22 Å². The van der Waals surface area contributed by atoms with Gasteiger partial charge in [0.05, 0.1) is 0 Å². The smallest absolute Gasteiger partial charge is 0.191 e. The first kappa shape index (κ1) is 23.5. The molecule has 0 saturated heterocycles. The first-order valence-corrected chi connectivity index (χ1v) is 15.8. The maximum Gasteiger partial charge on any atom is 0.191 e. The Balaban J connectivity index is 1.51. The van der Waals surface area contributed by atoms with Crippen LogP contribution in [0.25, 0.3) is 0 Å². The molecule has 7 atom stereocenters. The zero-order valence-electron chi connectivity index (χ0n) is 21.4. The minimum atomic E-state index is -1.69. The molecule has 4 rings (SSSR count). The van der Waals surface area contributed by atoms with Crippen molar-refractivity contribution in [1.29, 1.82) is 0 Å². The summed E-state index contributed by atoms with van der Waals surface area (Å²) in [5, 5.41) is 0.280. The third-order valence-corrected chi connectivity index (χ3v) is 15.3. The van der Waals surface area contributed by atoms with Crippen LogP contribution in [0.1, 0.15) is 80.1 Å². The molecule has 2 nitrogen and oxygen atoms in total. The maximum absolute atomic E-state index is 12.0. The number of hydrogen-bond acceptors (Lipinski definition) is 2. The first-order chi connectivity index (χ1) is 14.3. The van der Waals surface area contributed by atoms with E-state index in [0.29, 0.717) is 29.0 Å². The van der Waals surface area contributed by atoms with Gasteiger partial charge in [-0.3, -0.25) is 4.79 Å². The van der Waals surface area contributed by atoms with Crippen LogP contribution < -0.4 is 0 Å². The summed E-state index contributed by atoms with van der Waals surface area (Å²) < 4.78 is 6.68. The highest BCUT2D eigenvalue weighted by atomic mass is 28.4. The molecule has 4 unspecified atom stereocenters. The molecule has 0 heterocycles. The van der Waals surface area contributed by atoms with E-state index in [1.165, 1.54) is 31.3 Å². The van der Waals surface area contributed by atoms with Gasteiger partial charge in [-0.1, -0.05) is 53.7 Å². The van der Waals surface area contributed by atoms with Crippen molar-refractivity contribution in [2.45, 2.75) is 98.2 Å². The summed E-state index contributed by atoms with van der Waals surface area (Å²) in [6.45, 7) is 20.3. The lowest BCUT2D eigenvalue weighted by Crippen LogP contribution is -2.50. The molecule has 0 radical (unpaired) electrons. The van der Waals surface area contributed by atoms with Crippen molar-refractivity contribution in [3.63, 3.8) is 0 Å². The molecular formula is C28H46O2Si. The lowest BCUT2D eigenvalue weighted by atomic mass is 9.48. The molecule has 0 aromatic carbocycles. The molecule has 0 bridgehead atoms. The Morgan fingerprint density at radius 2 is 1.84 bits per heavy atom. The predicted molar refractivity (Wildman–Crippen MR) is 132 cm³/mol. The van der Waals surface area contributed by atoms with E-state index in [-0.39, 0.29) is 10.5 Å². The molecule has 0 amide bonds. The van der Waals surface area contributed by atoms with Gasteiger partial charge in [0.25, 0.3) is 0 Å². The van der Waals surface area contributed by atoms with Crippen molar-refractivity contribution in [2.24, 2.45) is 40.4 Å². The Kier molecular flexibility index (Phi) is 5.82. The summed E-state index contributed by atoms with van der Waals surface area (Å²) in [7, 11) is -1.69. The highest BCUT2D eigenvalue weighted by Gasteiger charge is 2.58. The van der Waals surface area contributed by atoms with E-state index >= 15 is 0 Å². The van der Waals surface area contributed by atoms with Crippen LogP contribution in [0.2, 0.25) is 18.1 Å². The normalized spacial score (nSPS) is 41.3. The minimum Gasteiger partial charge on any atom is -0.417 e. The molecule has 0 N–H and O–H groups in total. The SMILES string of the molecule is C[C@H](CO[Si](C)(C)C(C)(C)C)C1CCC2C3C=CC4=CC(=O)CC[C@]4(C)C3CC[C@@]21C. The molecule has 0 spiro atoms. The molecule has 4 aliphatic rings. The highest BCUT2D eigenvalue weighted by molar-refractivity contribution is 6.74. The van der Waals surface area contributed by atoms with E-state index in [1.54, 1.807) is 0 Å². The molecule has 2 saturated carbocycles. The summed E-state index contributed by atoms with van der Waals surface area (Å²) in [5.74, 6) is 3.92. The standard InChI is InChI=1S/C28H46O2Si/c1-19(18-30-31(7,8)26(2,3)4)23-11-12-24-22-10-9-20-17-21(29)13-15-27(20,5)25(22)14-16-28(23,24)6/h9-10,17,19,22-25H,11-16,18H2,1-8H3/t19-,22?,23?,24?,25?,27+,28-/m1/s1. The zero-order valence-corrected chi connectivity index (χ0v) is 22.4. The summed E-state index contributed by atoms with van der Waals surface area (Å²) in [6.07, 6.45) is 14.0. The summed E-state index contributed by atoms with van der Waals surface area (Å²) in [4.78, 5) is 12.0. The number of carbonyl (C=O) groups is 1. The molecule has 2 fully saturated rings. The van der Waals surface area contributed by atoms with E-state index in [1.807, 2.05) is 6.08 Å². The molecule has 0 aromatic rings. The molecule has 3 heteroatoms. The van der Waals surface area contributed by atoms with Gasteiger partial charge < -0.3 is 4.43 Å². The Bertz CT molecular complexity index is 787. The number of carbonyl (C=O) groups excluding carboxylic acids is 1. The second kappa shape index (κ2) is 7.69. The number of fused-ring (bicyclic) bond motifs is 5. The third kappa shape index (κ3) is 3.76. The Labute approximate surface area is 192 Å². The van der Waals surface area contributed by atoms with E-state index < -0.39 is 8.32 Å². The van der Waals surface area contributed by atoms with Crippen LogP contribution in [0, 0.1) is 40.4 Å². The average Bonchev–Trinajstić information content (AvgIpc) is 3.03. The van der Waals surface area contributed by atoms with Crippen molar-refractivity contribution >= 4 is 14.1 Å². The lowest BCUT2D eigenvalue weighted by Gasteiger charge is -2.56. The van der Waals surface area contributed by atoms with Gasteiger partial charge in [0.2, 0.25) is 0 Å². The Hall–Kier alpha value is -0.673. The van der Waals surface area contributed by atoms with Crippen molar-refractivity contribution in [1.82, 2.24) is 0 Å². The zero-order chi connectivity index (χ0) is 22.8. The number of hydrogen-bond donors (Lipinski definition) is 0. The number of ketones is 1. The summed E-state index contributed by atoms with van der Waals surface area (Å²) in [5.41, 5.74) is 1.97. The van der Waals surface area contributed by atoms with Crippen molar-refractivity contribution in [2.75, 3.05) is 6.61 Å². The van der Waals surface area contributed by atoms with Gasteiger partial charge in [0, 0.05) is 13.0 Å². The van der Waals surface area contributed by atoms with Gasteiger partial charge >= 0.3 is 0 Å². The van der Waals surface area contributed by atoms with Gasteiger partial charge in [-0.2, -0.15) is 0 Å². The van der Waals surface area contributed by atoms with Gasteiger partial charge in [0.15, 0.2) is 14.1 Å². The fourth-order valence-corrected chi connectivity index (χ4v) is 8.76. The summed E-state index contributed by atoms with van der Waals surface area (Å²) >= 11 is 0.